The van der Waals surface area contributed by atoms with Gasteiger partial charge >= 0.3 is 0 Å². The number of amides is 1. The Bertz CT molecular complexity index is 1560. The van der Waals surface area contributed by atoms with Crippen molar-refractivity contribution in [3.8, 4) is 11.3 Å². The molecule has 2 heterocycles. The second-order valence-corrected chi connectivity index (χ2v) is 13.0. The fraction of sp³-hybridized carbons (Fsp3) is 0.415. The molecule has 0 aliphatic carbocycles. The van der Waals surface area contributed by atoms with Crippen LogP contribution in [-0.2, 0) is 14.3 Å². The molecule has 7 nitrogen and oxygen atoms in total. The molecule has 1 aliphatic heterocycles. The Morgan fingerprint density at radius 2 is 1.82 bits per heavy atom. The van der Waals surface area contributed by atoms with Crippen LogP contribution in [0.3, 0.4) is 0 Å². The number of unbranched alkanes of at least 4 members (excludes halogenated alkanes) is 3. The molecule has 3 atom stereocenters. The van der Waals surface area contributed by atoms with E-state index >= 15 is 0 Å². The number of aromatic nitrogens is 1. The number of hydrogen-bond donors (Lipinski definition) is 2. The van der Waals surface area contributed by atoms with Crippen LogP contribution in [0.15, 0.2) is 106 Å². The zero-order valence-corrected chi connectivity index (χ0v) is 30.2. The first-order valence-electron chi connectivity index (χ1n) is 17.7. The lowest BCUT2D eigenvalue weighted by Crippen LogP contribution is -2.36. The fourth-order valence-corrected chi connectivity index (χ4v) is 6.52. The summed E-state index contributed by atoms with van der Waals surface area (Å²) in [4.78, 5) is 17.4. The summed E-state index contributed by atoms with van der Waals surface area (Å²) in [5, 5.41) is 13.0. The number of allylic oxidation sites excluding steroid dienone is 5. The van der Waals surface area contributed by atoms with Crippen molar-refractivity contribution in [3.05, 3.63) is 108 Å². The van der Waals surface area contributed by atoms with E-state index in [1.165, 1.54) is 11.8 Å². The Hall–Kier alpha value is -3.69. The van der Waals surface area contributed by atoms with E-state index in [9.17, 15) is 9.90 Å². The number of aliphatic hydroxyl groups is 1. The molecule has 2 N–H and O–H groups in total. The average Bonchev–Trinajstić information content (AvgIpc) is 3.56. The number of ether oxygens (including phenoxy) is 2. The number of hydrogen-bond acceptors (Lipinski definition) is 7. The topological polar surface area (TPSA) is 93.8 Å². The quantitative estimate of drug-likeness (QED) is 0.0782. The van der Waals surface area contributed by atoms with Gasteiger partial charge in [-0.3, -0.25) is 4.79 Å². The summed E-state index contributed by atoms with van der Waals surface area (Å²) in [5.74, 6) is 1.39. The fourth-order valence-electron chi connectivity index (χ4n) is 5.68. The highest BCUT2D eigenvalue weighted by Gasteiger charge is 2.33. The van der Waals surface area contributed by atoms with Gasteiger partial charge in [-0.2, -0.15) is 0 Å². The molecule has 4 rings (SSSR count). The number of oxazole rings is 1. The lowest BCUT2D eigenvalue weighted by molar-refractivity contribution is -0.233. The maximum Gasteiger partial charge on any atom is 0.256 e. The molecule has 2 aromatic carbocycles. The van der Waals surface area contributed by atoms with Crippen LogP contribution < -0.4 is 5.32 Å². The lowest BCUT2D eigenvalue weighted by Gasteiger charge is -2.36. The molecule has 262 valence electrons. The van der Waals surface area contributed by atoms with Crippen molar-refractivity contribution in [1.29, 1.82) is 0 Å². The van der Waals surface area contributed by atoms with Gasteiger partial charge in [-0.1, -0.05) is 124 Å². The minimum atomic E-state index is -0.598. The Morgan fingerprint density at radius 1 is 1.02 bits per heavy atom. The van der Waals surface area contributed by atoms with Gasteiger partial charge in [0.15, 0.2) is 12.1 Å². The molecule has 1 amide bonds. The highest BCUT2D eigenvalue weighted by molar-refractivity contribution is 7.99. The second kappa shape index (κ2) is 20.7. The smallest absolute Gasteiger partial charge is 0.256 e. The SMILES string of the molecule is C/C=C\C(=C/C)c1nc(SCC2CC(C(/C=C\CCO)=C/CC)OC(c3ccc(NC(=O)CCCCCC)cc3)O2)oc1-c1ccccc1. The first kappa shape index (κ1) is 38.1. The van der Waals surface area contributed by atoms with Crippen molar-refractivity contribution in [1.82, 2.24) is 4.98 Å². The van der Waals surface area contributed by atoms with Crippen LogP contribution >= 0.6 is 11.8 Å². The van der Waals surface area contributed by atoms with Gasteiger partial charge in [-0.25, -0.2) is 4.98 Å². The van der Waals surface area contributed by atoms with Crippen LogP contribution in [0.2, 0.25) is 0 Å². The number of benzene rings is 2. The molecule has 0 radical (unpaired) electrons. The highest BCUT2D eigenvalue weighted by atomic mass is 32.2. The summed E-state index contributed by atoms with van der Waals surface area (Å²) < 4.78 is 19.6. The van der Waals surface area contributed by atoms with Crippen LogP contribution in [-0.4, -0.2) is 40.6 Å². The molecule has 0 spiro atoms. The predicted octanol–water partition coefficient (Wildman–Crippen LogP) is 10.5. The largest absolute Gasteiger partial charge is 0.431 e. The first-order valence-corrected chi connectivity index (χ1v) is 18.6. The van der Waals surface area contributed by atoms with Crippen molar-refractivity contribution < 1.29 is 23.8 Å². The molecule has 1 aliphatic rings. The van der Waals surface area contributed by atoms with E-state index in [1.807, 2.05) is 92.7 Å². The third-order valence-electron chi connectivity index (χ3n) is 8.19. The average molecular weight is 685 g/mol. The van der Waals surface area contributed by atoms with Gasteiger partial charge in [-0.05, 0) is 56.4 Å². The van der Waals surface area contributed by atoms with Crippen LogP contribution in [0.4, 0.5) is 5.69 Å². The first-order chi connectivity index (χ1) is 24.0. The zero-order chi connectivity index (χ0) is 34.8. The molecule has 1 saturated heterocycles. The van der Waals surface area contributed by atoms with E-state index in [0.717, 1.165) is 71.5 Å². The molecule has 3 unspecified atom stereocenters. The molecular formula is C41H52N2O5S. The molecule has 0 bridgehead atoms. The number of anilines is 1. The highest BCUT2D eigenvalue weighted by Crippen LogP contribution is 2.38. The minimum Gasteiger partial charge on any atom is -0.431 e. The van der Waals surface area contributed by atoms with Crippen LogP contribution in [0.25, 0.3) is 16.9 Å². The number of thioether (sulfide) groups is 1. The zero-order valence-electron chi connectivity index (χ0n) is 29.4. The molecule has 0 saturated carbocycles. The number of carbonyl (C=O) groups is 1. The Morgan fingerprint density at radius 3 is 2.51 bits per heavy atom. The molecule has 3 aromatic rings. The van der Waals surface area contributed by atoms with Crippen LogP contribution in [0.1, 0.15) is 96.6 Å². The van der Waals surface area contributed by atoms with Crippen LogP contribution in [0.5, 0.6) is 0 Å². The van der Waals surface area contributed by atoms with Crippen molar-refractivity contribution in [3.63, 3.8) is 0 Å². The van der Waals surface area contributed by atoms with Gasteiger partial charge in [0.2, 0.25) is 5.91 Å². The van der Waals surface area contributed by atoms with E-state index in [4.69, 9.17) is 18.9 Å². The third-order valence-corrected chi connectivity index (χ3v) is 9.15. The number of carbonyl (C=O) groups excluding carboxylic acids is 1. The van der Waals surface area contributed by atoms with Gasteiger partial charge in [-0.15, -0.1) is 0 Å². The summed E-state index contributed by atoms with van der Waals surface area (Å²) in [7, 11) is 0. The summed E-state index contributed by atoms with van der Waals surface area (Å²) >= 11 is 1.54. The van der Waals surface area contributed by atoms with E-state index in [-0.39, 0.29) is 24.7 Å². The number of nitrogens with zero attached hydrogens (tertiary/aromatic N) is 1. The van der Waals surface area contributed by atoms with Crippen molar-refractivity contribution in [2.75, 3.05) is 17.7 Å². The molecule has 1 fully saturated rings. The Kier molecular flexibility index (Phi) is 16.1. The minimum absolute atomic E-state index is 0.0348. The summed E-state index contributed by atoms with van der Waals surface area (Å²) in [6.07, 6.45) is 18.3. The van der Waals surface area contributed by atoms with Gasteiger partial charge in [0, 0.05) is 42.0 Å². The van der Waals surface area contributed by atoms with E-state index < -0.39 is 6.29 Å². The van der Waals surface area contributed by atoms with E-state index in [2.05, 4.69) is 31.3 Å². The predicted molar refractivity (Wildman–Crippen MR) is 201 cm³/mol. The Balaban J connectivity index is 1.54. The van der Waals surface area contributed by atoms with Gasteiger partial charge < -0.3 is 24.3 Å². The number of aliphatic hydroxyl groups excluding tert-OH is 1. The number of rotatable bonds is 18. The molecular weight excluding hydrogens is 633 g/mol. The van der Waals surface area contributed by atoms with Crippen molar-refractivity contribution >= 4 is 28.9 Å². The van der Waals surface area contributed by atoms with Gasteiger partial charge in [0.1, 0.15) is 5.69 Å². The van der Waals surface area contributed by atoms with Crippen molar-refractivity contribution in [2.45, 2.75) is 103 Å². The van der Waals surface area contributed by atoms with E-state index in [0.29, 0.717) is 30.2 Å². The lowest BCUT2D eigenvalue weighted by atomic mass is 10.00. The molecule has 49 heavy (non-hydrogen) atoms. The standard InChI is InChI=1S/C41H52N2O5S/c1-5-9-10-14-22-37(45)42-34-25-23-33(24-26-34)40-46-35(28-36(47-40)31(18-7-3)19-15-16-27-44)29-49-41-43-38(30(8-4)17-6-2)39(48-41)32-20-12-11-13-21-32/h6,8,11-13,15,17-21,23-26,35-36,40,44H,5,7,9-10,14,16,22,27-29H2,1-4H3,(H,42,45)/b17-6-,19-15-,30-8+,31-18+. The maximum absolute atomic E-state index is 12.5. The van der Waals surface area contributed by atoms with Crippen LogP contribution in [0, 0.1) is 0 Å². The summed E-state index contributed by atoms with van der Waals surface area (Å²) in [5.41, 5.74) is 5.50. The monoisotopic (exact) mass is 684 g/mol. The van der Waals surface area contributed by atoms with Gasteiger partial charge in [0.05, 0.1) is 12.2 Å². The second-order valence-electron chi connectivity index (χ2n) is 12.0. The molecule has 1 aromatic heterocycles. The maximum atomic E-state index is 12.5. The van der Waals surface area contributed by atoms with Crippen molar-refractivity contribution in [2.24, 2.45) is 0 Å². The Labute approximate surface area is 296 Å². The summed E-state index contributed by atoms with van der Waals surface area (Å²) in [6.45, 7) is 8.38. The normalized spacial score (nSPS) is 18.8. The third kappa shape index (κ3) is 11.7. The number of nitrogens with one attached hydrogen (secondary N) is 1. The van der Waals surface area contributed by atoms with E-state index in [1.54, 1.807) is 0 Å². The molecule has 8 heteroatoms. The van der Waals surface area contributed by atoms with Gasteiger partial charge in [0.25, 0.3) is 5.22 Å². The summed E-state index contributed by atoms with van der Waals surface area (Å²) in [6, 6.07) is 17.8.